The summed E-state index contributed by atoms with van der Waals surface area (Å²) in [5.41, 5.74) is 3.38. The minimum Gasteiger partial charge on any atom is -0.241 e. The summed E-state index contributed by atoms with van der Waals surface area (Å²) in [4.78, 5) is 0.440. The van der Waals surface area contributed by atoms with Gasteiger partial charge in [0, 0.05) is 18.1 Å². The second-order valence-corrected chi connectivity index (χ2v) is 13.3. The van der Waals surface area contributed by atoms with E-state index in [4.69, 9.17) is 0 Å². The van der Waals surface area contributed by atoms with Crippen LogP contribution in [-0.2, 0) is 31.9 Å². The second-order valence-electron chi connectivity index (χ2n) is 9.74. The Morgan fingerprint density at radius 2 is 1.43 bits per heavy atom. The molecule has 6 nitrogen and oxygen atoms in total. The van der Waals surface area contributed by atoms with Crippen LogP contribution in [0.15, 0.2) is 88.8 Å². The van der Waals surface area contributed by atoms with E-state index in [2.05, 4.69) is 25.5 Å². The molecule has 0 aliphatic heterocycles. The predicted molar refractivity (Wildman–Crippen MR) is 140 cm³/mol. The fourth-order valence-corrected chi connectivity index (χ4v) is 6.26. The first-order valence-electron chi connectivity index (χ1n) is 11.4. The molecule has 0 fully saturated rings. The highest BCUT2D eigenvalue weighted by Crippen LogP contribution is 2.25. The first kappa shape index (κ1) is 25.2. The summed E-state index contributed by atoms with van der Waals surface area (Å²) in [7, 11) is -7.39. The van der Waals surface area contributed by atoms with Crippen molar-refractivity contribution in [2.45, 2.75) is 49.3 Å². The smallest absolute Gasteiger partial charge is 0.241 e. The van der Waals surface area contributed by atoms with Gasteiger partial charge in [0.1, 0.15) is 0 Å². The third kappa shape index (κ3) is 5.34. The van der Waals surface area contributed by atoms with Crippen LogP contribution in [0, 0.1) is 6.92 Å². The third-order valence-corrected chi connectivity index (χ3v) is 9.22. The summed E-state index contributed by atoms with van der Waals surface area (Å²) in [6, 6.07) is 21.0. The van der Waals surface area contributed by atoms with E-state index >= 15 is 0 Å². The molecular formula is C27H30N2O4S2. The Balaban J connectivity index is 1.51. The number of hydrogen-bond donors (Lipinski definition) is 1. The molecule has 4 aromatic rings. The molecule has 4 rings (SSSR count). The Kier molecular flexibility index (Phi) is 6.66. The van der Waals surface area contributed by atoms with Crippen LogP contribution in [0.5, 0.6) is 0 Å². The number of benzene rings is 3. The summed E-state index contributed by atoms with van der Waals surface area (Å²) < 4.78 is 55.8. The Bertz CT molecular complexity index is 1560. The maximum absolute atomic E-state index is 13.2. The van der Waals surface area contributed by atoms with Crippen LogP contribution in [0.3, 0.4) is 0 Å². The van der Waals surface area contributed by atoms with Gasteiger partial charge >= 0.3 is 0 Å². The first-order chi connectivity index (χ1) is 16.4. The zero-order chi connectivity index (χ0) is 25.4. The van der Waals surface area contributed by atoms with E-state index in [1.54, 1.807) is 54.7 Å². The normalized spacial score (nSPS) is 12.8. The second kappa shape index (κ2) is 9.26. The van der Waals surface area contributed by atoms with Crippen LogP contribution in [0.4, 0.5) is 0 Å². The summed E-state index contributed by atoms with van der Waals surface area (Å²) in [6.07, 6.45) is 1.97. The molecule has 0 saturated heterocycles. The fraction of sp³-hybridized carbons (Fsp3) is 0.259. The van der Waals surface area contributed by atoms with Gasteiger partial charge in [-0.05, 0) is 66.3 Å². The van der Waals surface area contributed by atoms with Gasteiger partial charge in [-0.2, -0.15) is 0 Å². The molecule has 0 bridgehead atoms. The van der Waals surface area contributed by atoms with Crippen molar-refractivity contribution in [1.29, 1.82) is 0 Å². The lowest BCUT2D eigenvalue weighted by atomic mass is 9.87. The summed E-state index contributed by atoms with van der Waals surface area (Å²) >= 11 is 0. The standard InChI is InChI=1S/C27H30N2O4S2/c1-20-5-11-25(12-6-20)35(32,33)29-18-16-22-8-7-21(19-26(22)29)15-17-28-34(30,31)24-13-9-23(10-14-24)27(2,3)4/h5-14,16,18-19,28H,15,17H2,1-4H3. The lowest BCUT2D eigenvalue weighted by Gasteiger charge is -2.19. The molecule has 35 heavy (non-hydrogen) atoms. The third-order valence-electron chi connectivity index (χ3n) is 6.04. The van der Waals surface area contributed by atoms with E-state index < -0.39 is 20.0 Å². The fourth-order valence-electron chi connectivity index (χ4n) is 3.89. The molecule has 0 aliphatic carbocycles. The highest BCUT2D eigenvalue weighted by molar-refractivity contribution is 7.90. The molecule has 0 atom stereocenters. The molecule has 3 aromatic carbocycles. The van der Waals surface area contributed by atoms with Crippen molar-refractivity contribution in [3.05, 3.63) is 95.7 Å². The average Bonchev–Trinajstić information content (AvgIpc) is 3.23. The van der Waals surface area contributed by atoms with Crippen molar-refractivity contribution < 1.29 is 16.8 Å². The molecular weight excluding hydrogens is 480 g/mol. The van der Waals surface area contributed by atoms with Gasteiger partial charge in [0.15, 0.2) is 0 Å². The quantitative estimate of drug-likeness (QED) is 0.379. The molecule has 0 saturated carbocycles. The number of rotatable bonds is 7. The van der Waals surface area contributed by atoms with E-state index in [0.29, 0.717) is 11.9 Å². The number of hydrogen-bond acceptors (Lipinski definition) is 4. The number of nitrogens with zero attached hydrogens (tertiary/aromatic N) is 1. The van der Waals surface area contributed by atoms with Crippen LogP contribution < -0.4 is 4.72 Å². The van der Waals surface area contributed by atoms with E-state index in [1.807, 2.05) is 31.2 Å². The van der Waals surface area contributed by atoms with Gasteiger partial charge in [0.2, 0.25) is 10.0 Å². The van der Waals surface area contributed by atoms with Crippen molar-refractivity contribution in [2.24, 2.45) is 0 Å². The molecule has 0 spiro atoms. The Hall–Kier alpha value is -2.94. The molecule has 1 N–H and O–H groups in total. The van der Waals surface area contributed by atoms with E-state index in [-0.39, 0.29) is 21.8 Å². The molecule has 0 unspecified atom stereocenters. The first-order valence-corrected chi connectivity index (χ1v) is 14.3. The van der Waals surface area contributed by atoms with Crippen LogP contribution in [0.2, 0.25) is 0 Å². The van der Waals surface area contributed by atoms with Gasteiger partial charge in [-0.3, -0.25) is 0 Å². The van der Waals surface area contributed by atoms with Gasteiger partial charge in [-0.1, -0.05) is 62.7 Å². The van der Waals surface area contributed by atoms with Crippen LogP contribution >= 0.6 is 0 Å². The number of aryl methyl sites for hydroxylation is 1. The average molecular weight is 511 g/mol. The molecule has 8 heteroatoms. The maximum Gasteiger partial charge on any atom is 0.268 e. The lowest BCUT2D eigenvalue weighted by Crippen LogP contribution is -2.26. The SMILES string of the molecule is Cc1ccc(S(=O)(=O)n2ccc3ccc(CCNS(=O)(=O)c4ccc(C(C)(C)C)cc4)cc32)cc1. The molecule has 1 heterocycles. The van der Waals surface area contributed by atoms with Crippen LogP contribution in [0.25, 0.3) is 10.9 Å². The van der Waals surface area contributed by atoms with Crippen molar-refractivity contribution in [3.63, 3.8) is 0 Å². The number of sulfonamides is 1. The minimum absolute atomic E-state index is 0.0566. The summed E-state index contributed by atoms with van der Waals surface area (Å²) in [6.45, 7) is 8.33. The molecule has 184 valence electrons. The molecule has 0 aliphatic rings. The van der Waals surface area contributed by atoms with Crippen molar-refractivity contribution in [3.8, 4) is 0 Å². The number of aromatic nitrogens is 1. The van der Waals surface area contributed by atoms with Crippen LogP contribution in [-0.4, -0.2) is 27.4 Å². The van der Waals surface area contributed by atoms with Gasteiger partial charge in [-0.25, -0.2) is 25.5 Å². The highest BCUT2D eigenvalue weighted by Gasteiger charge is 2.20. The van der Waals surface area contributed by atoms with Crippen molar-refractivity contribution in [2.75, 3.05) is 6.54 Å². The van der Waals surface area contributed by atoms with Gasteiger partial charge in [-0.15, -0.1) is 0 Å². The number of nitrogens with one attached hydrogen (secondary N) is 1. The maximum atomic E-state index is 13.2. The van der Waals surface area contributed by atoms with Crippen molar-refractivity contribution >= 4 is 30.9 Å². The summed E-state index contributed by atoms with van der Waals surface area (Å²) in [5.74, 6) is 0. The largest absolute Gasteiger partial charge is 0.268 e. The molecule has 1 aromatic heterocycles. The monoisotopic (exact) mass is 510 g/mol. The topological polar surface area (TPSA) is 85.2 Å². The molecule has 0 radical (unpaired) electrons. The highest BCUT2D eigenvalue weighted by atomic mass is 32.2. The number of fused-ring (bicyclic) bond motifs is 1. The lowest BCUT2D eigenvalue weighted by molar-refractivity contribution is 0.578. The Morgan fingerprint density at radius 1 is 0.800 bits per heavy atom. The summed E-state index contributed by atoms with van der Waals surface area (Å²) in [5, 5.41) is 0.795. The zero-order valence-corrected chi connectivity index (χ0v) is 21.9. The zero-order valence-electron chi connectivity index (χ0n) is 20.3. The van der Waals surface area contributed by atoms with E-state index in [9.17, 15) is 16.8 Å². The minimum atomic E-state index is -3.74. The van der Waals surface area contributed by atoms with Crippen LogP contribution in [0.1, 0.15) is 37.5 Å². The predicted octanol–water partition coefficient (Wildman–Crippen LogP) is 5.01. The Labute approximate surface area is 207 Å². The van der Waals surface area contributed by atoms with Gasteiger partial charge in [0.05, 0.1) is 15.3 Å². The van der Waals surface area contributed by atoms with E-state index in [1.165, 1.54) is 3.97 Å². The molecule has 0 amide bonds. The van der Waals surface area contributed by atoms with Crippen molar-refractivity contribution in [1.82, 2.24) is 8.69 Å². The Morgan fingerprint density at radius 3 is 2.06 bits per heavy atom. The van der Waals surface area contributed by atoms with Gasteiger partial charge < -0.3 is 0 Å². The van der Waals surface area contributed by atoms with E-state index in [0.717, 1.165) is 22.1 Å². The van der Waals surface area contributed by atoms with Gasteiger partial charge in [0.25, 0.3) is 10.0 Å².